The summed E-state index contributed by atoms with van der Waals surface area (Å²) in [5, 5.41) is 14.6. The van der Waals surface area contributed by atoms with Gasteiger partial charge in [-0.1, -0.05) is 11.6 Å². The minimum absolute atomic E-state index is 0.0733. The quantitative estimate of drug-likeness (QED) is 0.905. The number of halogens is 2. The van der Waals surface area contributed by atoms with Crippen LogP contribution in [-0.2, 0) is 11.3 Å². The van der Waals surface area contributed by atoms with Gasteiger partial charge in [-0.2, -0.15) is 5.10 Å². The first kappa shape index (κ1) is 16.4. The molecule has 0 saturated carbocycles. The van der Waals surface area contributed by atoms with Gasteiger partial charge in [-0.15, -0.1) is 0 Å². The molecule has 0 radical (unpaired) electrons. The second-order valence-corrected chi connectivity index (χ2v) is 6.00. The second kappa shape index (κ2) is 7.40. The molecule has 1 aliphatic rings. The number of aliphatic hydroxyl groups excluding tert-OH is 1. The SMILES string of the molecule is OC(CN1CCOCC1)Cn1nccc1-c1ccc(F)c(Cl)c1. The van der Waals surface area contributed by atoms with E-state index in [0.717, 1.165) is 24.3 Å². The van der Waals surface area contributed by atoms with Crippen molar-refractivity contribution in [3.05, 3.63) is 41.3 Å². The fourth-order valence-corrected chi connectivity index (χ4v) is 2.90. The summed E-state index contributed by atoms with van der Waals surface area (Å²) in [4.78, 5) is 2.17. The maximum absolute atomic E-state index is 13.3. The first-order chi connectivity index (χ1) is 11.1. The van der Waals surface area contributed by atoms with E-state index in [0.29, 0.717) is 26.3 Å². The summed E-state index contributed by atoms with van der Waals surface area (Å²) < 4.78 is 20.3. The van der Waals surface area contributed by atoms with Gasteiger partial charge in [0, 0.05) is 31.4 Å². The van der Waals surface area contributed by atoms with Crippen molar-refractivity contribution in [1.82, 2.24) is 14.7 Å². The van der Waals surface area contributed by atoms with Gasteiger partial charge in [0.25, 0.3) is 0 Å². The van der Waals surface area contributed by atoms with Gasteiger partial charge in [-0.3, -0.25) is 9.58 Å². The molecule has 2 heterocycles. The van der Waals surface area contributed by atoms with Gasteiger partial charge >= 0.3 is 0 Å². The lowest BCUT2D eigenvalue weighted by atomic mass is 10.1. The van der Waals surface area contributed by atoms with Crippen molar-refractivity contribution < 1.29 is 14.2 Å². The smallest absolute Gasteiger partial charge is 0.141 e. The Labute approximate surface area is 139 Å². The molecule has 5 nitrogen and oxygen atoms in total. The lowest BCUT2D eigenvalue weighted by molar-refractivity contribution is 0.0109. The molecule has 124 valence electrons. The van der Waals surface area contributed by atoms with Crippen LogP contribution in [0.15, 0.2) is 30.5 Å². The van der Waals surface area contributed by atoms with Gasteiger partial charge < -0.3 is 9.84 Å². The third-order valence-electron chi connectivity index (χ3n) is 3.89. The van der Waals surface area contributed by atoms with Gasteiger partial charge in [0.15, 0.2) is 0 Å². The Bertz CT molecular complexity index is 659. The molecule has 7 heteroatoms. The third-order valence-corrected chi connectivity index (χ3v) is 4.18. The topological polar surface area (TPSA) is 50.5 Å². The van der Waals surface area contributed by atoms with E-state index in [2.05, 4.69) is 10.00 Å². The lowest BCUT2D eigenvalue weighted by Crippen LogP contribution is -2.42. The van der Waals surface area contributed by atoms with Crippen molar-refractivity contribution in [3.8, 4) is 11.3 Å². The van der Waals surface area contributed by atoms with Gasteiger partial charge in [0.05, 0.1) is 36.6 Å². The highest BCUT2D eigenvalue weighted by atomic mass is 35.5. The van der Waals surface area contributed by atoms with Crippen LogP contribution in [0.4, 0.5) is 4.39 Å². The van der Waals surface area contributed by atoms with Gasteiger partial charge in [-0.25, -0.2) is 4.39 Å². The molecule has 0 aliphatic carbocycles. The summed E-state index contributed by atoms with van der Waals surface area (Å²) in [6.45, 7) is 4.01. The summed E-state index contributed by atoms with van der Waals surface area (Å²) in [5.74, 6) is -0.450. The number of nitrogens with zero attached hydrogens (tertiary/aromatic N) is 3. The molecule has 1 N–H and O–H groups in total. The van der Waals surface area contributed by atoms with Crippen LogP contribution in [0.5, 0.6) is 0 Å². The molecule has 3 rings (SSSR count). The molecule has 1 aromatic heterocycles. The number of β-amino-alcohol motifs (C(OH)–C–C–N with tert-alkyl or cyclic N) is 1. The predicted octanol–water partition coefficient (Wildman–Crippen LogP) is 2.04. The highest BCUT2D eigenvalue weighted by Gasteiger charge is 2.17. The van der Waals surface area contributed by atoms with E-state index < -0.39 is 11.9 Å². The standard InChI is InChI=1S/C16H19ClFN3O2/c17-14-9-12(1-2-15(14)18)16-3-4-19-21(16)11-13(22)10-20-5-7-23-8-6-20/h1-4,9,13,22H,5-8,10-11H2. The highest BCUT2D eigenvalue weighted by molar-refractivity contribution is 6.31. The zero-order valence-corrected chi connectivity index (χ0v) is 13.4. The first-order valence-electron chi connectivity index (χ1n) is 7.59. The largest absolute Gasteiger partial charge is 0.390 e. The monoisotopic (exact) mass is 339 g/mol. The van der Waals surface area contributed by atoms with Crippen molar-refractivity contribution in [2.24, 2.45) is 0 Å². The number of rotatable bonds is 5. The Kier molecular flexibility index (Phi) is 5.27. The van der Waals surface area contributed by atoms with Crippen LogP contribution in [0.2, 0.25) is 5.02 Å². The molecule has 1 unspecified atom stereocenters. The average Bonchev–Trinajstić information content (AvgIpc) is 2.99. The lowest BCUT2D eigenvalue weighted by Gasteiger charge is -2.28. The Hall–Kier alpha value is -1.47. The fraction of sp³-hybridized carbons (Fsp3) is 0.438. The summed E-state index contributed by atoms with van der Waals surface area (Å²) in [6, 6.07) is 6.38. The number of aliphatic hydroxyl groups is 1. The zero-order chi connectivity index (χ0) is 16.2. The summed E-state index contributed by atoms with van der Waals surface area (Å²) in [6.07, 6.45) is 1.12. The maximum atomic E-state index is 13.3. The average molecular weight is 340 g/mol. The summed E-state index contributed by atoms with van der Waals surface area (Å²) >= 11 is 5.85. The van der Waals surface area contributed by atoms with Crippen LogP contribution >= 0.6 is 11.6 Å². The van der Waals surface area contributed by atoms with E-state index in [-0.39, 0.29) is 5.02 Å². The van der Waals surface area contributed by atoms with E-state index in [1.54, 1.807) is 23.0 Å². The van der Waals surface area contributed by atoms with Gasteiger partial charge in [-0.05, 0) is 24.3 Å². The van der Waals surface area contributed by atoms with E-state index in [4.69, 9.17) is 16.3 Å². The number of benzene rings is 1. The number of hydrogen-bond acceptors (Lipinski definition) is 4. The van der Waals surface area contributed by atoms with E-state index in [1.165, 1.54) is 6.07 Å². The number of ether oxygens (including phenoxy) is 1. The van der Waals surface area contributed by atoms with Crippen molar-refractivity contribution >= 4 is 11.6 Å². The number of hydrogen-bond donors (Lipinski definition) is 1. The van der Waals surface area contributed by atoms with Crippen LogP contribution in [-0.4, -0.2) is 58.7 Å². The Morgan fingerprint density at radius 2 is 2.04 bits per heavy atom. The van der Waals surface area contributed by atoms with E-state index in [1.807, 2.05) is 6.07 Å². The minimum Gasteiger partial charge on any atom is -0.390 e. The van der Waals surface area contributed by atoms with Crippen LogP contribution < -0.4 is 0 Å². The molecular weight excluding hydrogens is 321 g/mol. The van der Waals surface area contributed by atoms with Crippen molar-refractivity contribution in [3.63, 3.8) is 0 Å². The van der Waals surface area contributed by atoms with Crippen LogP contribution in [0, 0.1) is 5.82 Å². The molecule has 1 fully saturated rings. The predicted molar refractivity (Wildman–Crippen MR) is 85.9 cm³/mol. The number of aromatic nitrogens is 2. The molecule has 23 heavy (non-hydrogen) atoms. The summed E-state index contributed by atoms with van der Waals surface area (Å²) in [5.41, 5.74) is 1.57. The van der Waals surface area contributed by atoms with Crippen molar-refractivity contribution in [2.45, 2.75) is 12.6 Å². The zero-order valence-electron chi connectivity index (χ0n) is 12.7. The van der Waals surface area contributed by atoms with Crippen LogP contribution in [0.3, 0.4) is 0 Å². The van der Waals surface area contributed by atoms with Crippen molar-refractivity contribution in [1.29, 1.82) is 0 Å². The molecule has 2 aromatic rings. The first-order valence-corrected chi connectivity index (χ1v) is 7.96. The van der Waals surface area contributed by atoms with E-state index >= 15 is 0 Å². The Morgan fingerprint density at radius 1 is 1.26 bits per heavy atom. The molecule has 0 amide bonds. The number of morpholine rings is 1. The van der Waals surface area contributed by atoms with E-state index in [9.17, 15) is 9.50 Å². The maximum Gasteiger partial charge on any atom is 0.141 e. The van der Waals surface area contributed by atoms with Crippen molar-refractivity contribution in [2.75, 3.05) is 32.8 Å². The molecule has 0 spiro atoms. The van der Waals surface area contributed by atoms with Crippen LogP contribution in [0.25, 0.3) is 11.3 Å². The molecule has 0 bridgehead atoms. The Morgan fingerprint density at radius 3 is 2.78 bits per heavy atom. The normalized spacial score (nSPS) is 17.3. The molecule has 1 aliphatic heterocycles. The minimum atomic E-state index is -0.539. The van der Waals surface area contributed by atoms with Gasteiger partial charge in [0.1, 0.15) is 5.82 Å². The highest BCUT2D eigenvalue weighted by Crippen LogP contribution is 2.24. The fourth-order valence-electron chi connectivity index (χ4n) is 2.72. The molecule has 1 atom stereocenters. The van der Waals surface area contributed by atoms with Crippen LogP contribution in [0.1, 0.15) is 0 Å². The second-order valence-electron chi connectivity index (χ2n) is 5.59. The molecule has 1 aromatic carbocycles. The third kappa shape index (κ3) is 4.09. The molecule has 1 saturated heterocycles. The summed E-state index contributed by atoms with van der Waals surface area (Å²) in [7, 11) is 0. The molecular formula is C16H19ClFN3O2. The Balaban J connectivity index is 1.69. The van der Waals surface area contributed by atoms with Gasteiger partial charge in [0.2, 0.25) is 0 Å².